The fourth-order valence-corrected chi connectivity index (χ4v) is 4.05. The van der Waals surface area contributed by atoms with E-state index in [0.717, 1.165) is 12.4 Å². The third-order valence-electron chi connectivity index (χ3n) is 5.38. The summed E-state index contributed by atoms with van der Waals surface area (Å²) in [5.74, 6) is -1.52. The van der Waals surface area contributed by atoms with Crippen molar-refractivity contribution in [2.75, 3.05) is 7.11 Å². The average molecular weight is 447 g/mol. The van der Waals surface area contributed by atoms with Crippen LogP contribution in [0.5, 0.6) is 0 Å². The van der Waals surface area contributed by atoms with Gasteiger partial charge in [0.05, 0.1) is 30.5 Å². The summed E-state index contributed by atoms with van der Waals surface area (Å²) >= 11 is 0. The normalized spacial score (nSPS) is 20.6. The Bertz CT molecular complexity index is 992. The number of carbonyl (C=O) groups excluding carboxylic acids is 2. The van der Waals surface area contributed by atoms with Crippen molar-refractivity contribution in [2.24, 2.45) is 5.41 Å². The van der Waals surface area contributed by atoms with Crippen molar-refractivity contribution < 1.29 is 27.8 Å². The highest BCUT2D eigenvalue weighted by Crippen LogP contribution is 2.43. The zero-order valence-electron chi connectivity index (χ0n) is 18.6. The van der Waals surface area contributed by atoms with Crippen molar-refractivity contribution in [1.82, 2.24) is 15.3 Å². The van der Waals surface area contributed by atoms with E-state index < -0.39 is 34.7 Å². The number of rotatable bonds is 5. The van der Waals surface area contributed by atoms with Gasteiger partial charge in [-0.3, -0.25) is 4.79 Å². The molecule has 1 amide bonds. The molecule has 2 atom stereocenters. The second-order valence-electron chi connectivity index (χ2n) is 9.07. The van der Waals surface area contributed by atoms with Gasteiger partial charge in [0.2, 0.25) is 0 Å². The van der Waals surface area contributed by atoms with E-state index in [1.807, 2.05) is 0 Å². The van der Waals surface area contributed by atoms with Gasteiger partial charge in [-0.25, -0.2) is 23.5 Å². The first-order chi connectivity index (χ1) is 15.0. The van der Waals surface area contributed by atoms with Gasteiger partial charge in [-0.05, 0) is 64.2 Å². The summed E-state index contributed by atoms with van der Waals surface area (Å²) in [5.41, 5.74) is -0.719. The lowest BCUT2D eigenvalue weighted by atomic mass is 9.79. The number of ether oxygens (including phenoxy) is 2. The zero-order valence-corrected chi connectivity index (χ0v) is 18.6. The summed E-state index contributed by atoms with van der Waals surface area (Å²) < 4.78 is 37.9. The number of hydrogen-bond acceptors (Lipinski definition) is 6. The zero-order chi connectivity index (χ0) is 23.5. The maximum absolute atomic E-state index is 14.4. The smallest absolute Gasteiger partial charge is 0.407 e. The predicted octanol–water partition coefficient (Wildman–Crippen LogP) is 4.20. The van der Waals surface area contributed by atoms with E-state index in [9.17, 15) is 18.4 Å². The minimum absolute atomic E-state index is 0.0498. The molecule has 1 fully saturated rings. The molecule has 1 aliphatic carbocycles. The van der Waals surface area contributed by atoms with E-state index in [1.54, 1.807) is 32.9 Å². The van der Waals surface area contributed by atoms with Crippen LogP contribution in [0.4, 0.5) is 13.6 Å². The summed E-state index contributed by atoms with van der Waals surface area (Å²) in [6, 6.07) is 4.15. The molecule has 0 saturated heterocycles. The van der Waals surface area contributed by atoms with Crippen LogP contribution < -0.4 is 5.32 Å². The summed E-state index contributed by atoms with van der Waals surface area (Å²) in [6.45, 7) is 5.32. The quantitative estimate of drug-likeness (QED) is 0.691. The number of halogens is 2. The van der Waals surface area contributed by atoms with Crippen LogP contribution in [0.2, 0.25) is 0 Å². The van der Waals surface area contributed by atoms with Crippen molar-refractivity contribution in [3.63, 3.8) is 0 Å². The molecule has 3 rings (SSSR count). The first-order valence-electron chi connectivity index (χ1n) is 10.4. The lowest BCUT2D eigenvalue weighted by Gasteiger charge is -2.27. The lowest BCUT2D eigenvalue weighted by molar-refractivity contribution is -0.152. The minimum atomic E-state index is -0.882. The first-order valence-corrected chi connectivity index (χ1v) is 10.4. The monoisotopic (exact) mass is 447 g/mol. The van der Waals surface area contributed by atoms with Crippen LogP contribution in [0.15, 0.2) is 30.6 Å². The summed E-state index contributed by atoms with van der Waals surface area (Å²) in [4.78, 5) is 32.6. The van der Waals surface area contributed by atoms with E-state index in [2.05, 4.69) is 15.3 Å². The molecule has 0 spiro atoms. The Morgan fingerprint density at radius 1 is 1.22 bits per heavy atom. The van der Waals surface area contributed by atoms with Crippen LogP contribution in [0.3, 0.4) is 0 Å². The highest BCUT2D eigenvalue weighted by Gasteiger charge is 2.47. The number of nitrogens with zero attached hydrogens (tertiary/aromatic N) is 2. The van der Waals surface area contributed by atoms with Gasteiger partial charge in [-0.15, -0.1) is 0 Å². The maximum atomic E-state index is 14.4. The molecule has 0 radical (unpaired) electrons. The fourth-order valence-electron chi connectivity index (χ4n) is 4.05. The van der Waals surface area contributed by atoms with Gasteiger partial charge in [0.15, 0.2) is 11.6 Å². The number of alkyl carbamates (subject to hydrolysis) is 1. The largest absolute Gasteiger partial charge is 0.469 e. The molecule has 1 aromatic heterocycles. The molecule has 1 aromatic carbocycles. The Morgan fingerprint density at radius 3 is 2.53 bits per heavy atom. The SMILES string of the molecule is COC(=O)[C@@]1(Cc2ccc(F)c(-c3ncc(F)cn3)c2)CC[C@H](NC(=O)OC(C)(C)C)C1. The van der Waals surface area contributed by atoms with Crippen LogP contribution >= 0.6 is 0 Å². The lowest BCUT2D eigenvalue weighted by Crippen LogP contribution is -2.40. The summed E-state index contributed by atoms with van der Waals surface area (Å²) in [7, 11) is 1.32. The molecular weight excluding hydrogens is 420 g/mol. The molecule has 0 unspecified atom stereocenters. The highest BCUT2D eigenvalue weighted by atomic mass is 19.1. The molecule has 172 valence electrons. The third kappa shape index (κ3) is 5.57. The van der Waals surface area contributed by atoms with Crippen LogP contribution in [-0.4, -0.2) is 40.8 Å². The summed E-state index contributed by atoms with van der Waals surface area (Å²) in [6.07, 6.45) is 3.09. The Morgan fingerprint density at radius 2 is 1.91 bits per heavy atom. The number of esters is 1. The van der Waals surface area contributed by atoms with E-state index in [1.165, 1.54) is 13.2 Å². The molecule has 2 aromatic rings. The third-order valence-corrected chi connectivity index (χ3v) is 5.38. The molecule has 1 heterocycles. The van der Waals surface area contributed by atoms with Gasteiger partial charge in [0.25, 0.3) is 0 Å². The van der Waals surface area contributed by atoms with Gasteiger partial charge in [-0.2, -0.15) is 0 Å². The molecule has 1 saturated carbocycles. The Hall–Kier alpha value is -3.10. The predicted molar refractivity (Wildman–Crippen MR) is 113 cm³/mol. The number of methoxy groups -OCH3 is 1. The second-order valence-corrected chi connectivity index (χ2v) is 9.07. The molecule has 7 nitrogen and oxygen atoms in total. The molecular formula is C23H27F2N3O4. The van der Waals surface area contributed by atoms with Crippen LogP contribution in [0.25, 0.3) is 11.4 Å². The van der Waals surface area contributed by atoms with Gasteiger partial charge in [0.1, 0.15) is 11.4 Å². The average Bonchev–Trinajstić information content (AvgIpc) is 3.11. The molecule has 32 heavy (non-hydrogen) atoms. The van der Waals surface area contributed by atoms with Crippen molar-refractivity contribution in [3.05, 3.63) is 47.8 Å². The van der Waals surface area contributed by atoms with E-state index >= 15 is 0 Å². The van der Waals surface area contributed by atoms with Gasteiger partial charge in [-0.1, -0.05) is 6.07 Å². The van der Waals surface area contributed by atoms with Crippen molar-refractivity contribution in [3.8, 4) is 11.4 Å². The Balaban J connectivity index is 1.81. The number of amides is 1. The number of benzene rings is 1. The molecule has 0 aliphatic heterocycles. The molecule has 1 N–H and O–H groups in total. The van der Waals surface area contributed by atoms with E-state index in [4.69, 9.17) is 9.47 Å². The number of aromatic nitrogens is 2. The van der Waals surface area contributed by atoms with Gasteiger partial charge in [0, 0.05) is 6.04 Å². The van der Waals surface area contributed by atoms with Gasteiger partial charge < -0.3 is 14.8 Å². The molecule has 9 heteroatoms. The van der Waals surface area contributed by atoms with Crippen molar-refractivity contribution >= 4 is 12.1 Å². The van der Waals surface area contributed by atoms with E-state index in [-0.39, 0.29) is 23.9 Å². The second kappa shape index (κ2) is 9.18. The topological polar surface area (TPSA) is 90.4 Å². The first kappa shape index (κ1) is 23.6. The number of carbonyl (C=O) groups is 2. The van der Waals surface area contributed by atoms with Crippen LogP contribution in [-0.2, 0) is 20.7 Å². The summed E-state index contributed by atoms with van der Waals surface area (Å²) in [5, 5.41) is 2.82. The van der Waals surface area contributed by atoms with Crippen molar-refractivity contribution in [2.45, 2.75) is 58.1 Å². The minimum Gasteiger partial charge on any atom is -0.469 e. The highest BCUT2D eigenvalue weighted by molar-refractivity contribution is 5.78. The Labute approximate surface area is 185 Å². The van der Waals surface area contributed by atoms with Gasteiger partial charge >= 0.3 is 12.1 Å². The van der Waals surface area contributed by atoms with Crippen molar-refractivity contribution in [1.29, 1.82) is 0 Å². The Kier molecular flexibility index (Phi) is 6.76. The number of nitrogens with one attached hydrogen (secondary N) is 1. The maximum Gasteiger partial charge on any atom is 0.407 e. The number of hydrogen-bond donors (Lipinski definition) is 1. The van der Waals surface area contributed by atoms with Crippen LogP contribution in [0.1, 0.15) is 45.6 Å². The van der Waals surface area contributed by atoms with Crippen LogP contribution in [0, 0.1) is 17.0 Å². The fraction of sp³-hybridized carbons (Fsp3) is 0.478. The van der Waals surface area contributed by atoms with E-state index in [0.29, 0.717) is 24.8 Å². The molecule has 0 bridgehead atoms. The molecule has 1 aliphatic rings. The standard InChI is InChI=1S/C23H27F2N3O4/c1-22(2,3)32-21(30)28-16-7-8-23(11-16,20(29)31-4)10-14-5-6-18(25)17(9-14)19-26-12-15(24)13-27-19/h5-6,9,12-13,16H,7-8,10-11H2,1-4H3,(H,28,30)/t16-,23+/m0/s1.